The molecule has 0 aliphatic rings. The number of allylic oxidation sites excluding steroid dienone is 4. The average molecular weight is 317 g/mol. The van der Waals surface area contributed by atoms with Crippen LogP contribution in [0.4, 0.5) is 5.82 Å². The molecule has 23 heavy (non-hydrogen) atoms. The quantitative estimate of drug-likeness (QED) is 0.658. The number of H-pyrrole nitrogens is 1. The first-order chi connectivity index (χ1) is 11.0. The molecule has 0 aliphatic carbocycles. The van der Waals surface area contributed by atoms with Gasteiger partial charge in [-0.05, 0) is 52.9 Å². The minimum absolute atomic E-state index is 0.0255. The van der Waals surface area contributed by atoms with E-state index in [0.29, 0.717) is 18.3 Å². The van der Waals surface area contributed by atoms with E-state index >= 15 is 0 Å². The molecule has 1 aromatic rings. The number of hydrogen-bond donors (Lipinski definition) is 2. The van der Waals surface area contributed by atoms with Gasteiger partial charge in [0.05, 0.1) is 5.56 Å². The number of hydrogen-bond acceptors (Lipinski definition) is 3. The Hall–Kier alpha value is -1.84. The van der Waals surface area contributed by atoms with Gasteiger partial charge in [-0.2, -0.15) is 0 Å². The molecule has 0 radical (unpaired) electrons. The molecule has 0 fully saturated rings. The number of aromatic nitrogens is 2. The van der Waals surface area contributed by atoms with Crippen molar-refractivity contribution >= 4 is 5.82 Å². The van der Waals surface area contributed by atoms with Crippen molar-refractivity contribution in [1.82, 2.24) is 9.97 Å². The van der Waals surface area contributed by atoms with Crippen LogP contribution in [0.1, 0.15) is 64.8 Å². The average Bonchev–Trinajstić information content (AvgIpc) is 2.51. The molecule has 0 saturated carbocycles. The molecule has 1 atom stereocenters. The molecular formula is C19H31N3O. The highest BCUT2D eigenvalue weighted by Gasteiger charge is 2.13. The van der Waals surface area contributed by atoms with Gasteiger partial charge in [-0.1, -0.05) is 37.6 Å². The van der Waals surface area contributed by atoms with Crippen molar-refractivity contribution in [2.75, 3.05) is 5.32 Å². The molecule has 1 heterocycles. The molecule has 2 N–H and O–H groups in total. The number of aromatic amines is 1. The van der Waals surface area contributed by atoms with Gasteiger partial charge < -0.3 is 10.3 Å². The van der Waals surface area contributed by atoms with Crippen molar-refractivity contribution in [1.29, 1.82) is 0 Å². The van der Waals surface area contributed by atoms with Crippen LogP contribution >= 0.6 is 0 Å². The molecule has 0 bridgehead atoms. The van der Waals surface area contributed by atoms with Gasteiger partial charge in [-0.3, -0.25) is 4.79 Å². The fourth-order valence-corrected chi connectivity index (χ4v) is 2.60. The Morgan fingerprint density at radius 2 is 2.13 bits per heavy atom. The van der Waals surface area contributed by atoms with Crippen LogP contribution < -0.4 is 10.9 Å². The summed E-state index contributed by atoms with van der Waals surface area (Å²) in [6.07, 6.45) is 11.3. The van der Waals surface area contributed by atoms with E-state index in [9.17, 15) is 4.79 Å². The fraction of sp³-hybridized carbons (Fsp3) is 0.579. The van der Waals surface area contributed by atoms with E-state index in [2.05, 4.69) is 41.3 Å². The van der Waals surface area contributed by atoms with Crippen molar-refractivity contribution in [3.8, 4) is 0 Å². The van der Waals surface area contributed by atoms with E-state index in [-0.39, 0.29) is 5.56 Å². The molecule has 0 aliphatic heterocycles. The highest BCUT2D eigenvalue weighted by Crippen LogP contribution is 2.16. The maximum atomic E-state index is 12.0. The minimum Gasteiger partial charge on any atom is -0.367 e. The van der Waals surface area contributed by atoms with Crippen molar-refractivity contribution in [3.05, 3.63) is 45.5 Å². The number of nitrogens with zero attached hydrogens (tertiary/aromatic N) is 1. The second-order valence-electron chi connectivity index (χ2n) is 6.01. The molecule has 128 valence electrons. The third-order valence-electron chi connectivity index (χ3n) is 4.02. The standard InChI is InChI=1S/C19H31N3O/c1-6-9-11-14(4)12-10-13-16(7-2)22-18-17(8-3)19(23)21-15(5)20-18/h6,9,11,16H,7-8,10,12-13H2,1-5H3,(H2,20,21,22,23)/b9-6-,14-11+. The summed E-state index contributed by atoms with van der Waals surface area (Å²) in [5, 5.41) is 3.48. The van der Waals surface area contributed by atoms with Crippen molar-refractivity contribution in [3.63, 3.8) is 0 Å². The fourth-order valence-electron chi connectivity index (χ4n) is 2.60. The van der Waals surface area contributed by atoms with Gasteiger partial charge in [0.25, 0.3) is 5.56 Å². The van der Waals surface area contributed by atoms with Crippen molar-refractivity contribution in [2.45, 2.75) is 72.8 Å². The predicted molar refractivity (Wildman–Crippen MR) is 99.1 cm³/mol. The zero-order chi connectivity index (χ0) is 17.2. The molecule has 1 unspecified atom stereocenters. The van der Waals surface area contributed by atoms with Crippen LogP contribution in [0.25, 0.3) is 0 Å². The second-order valence-corrected chi connectivity index (χ2v) is 6.01. The third kappa shape index (κ3) is 6.43. The molecule has 1 aromatic heterocycles. The first-order valence-corrected chi connectivity index (χ1v) is 8.66. The van der Waals surface area contributed by atoms with Gasteiger partial charge >= 0.3 is 0 Å². The van der Waals surface area contributed by atoms with Crippen molar-refractivity contribution in [2.24, 2.45) is 0 Å². The lowest BCUT2D eigenvalue weighted by atomic mass is 10.0. The van der Waals surface area contributed by atoms with Gasteiger partial charge in [0.1, 0.15) is 11.6 Å². The molecule has 4 heteroatoms. The lowest BCUT2D eigenvalue weighted by Gasteiger charge is -2.19. The molecule has 0 spiro atoms. The van der Waals surface area contributed by atoms with Gasteiger partial charge in [0.2, 0.25) is 0 Å². The van der Waals surface area contributed by atoms with E-state index < -0.39 is 0 Å². The lowest BCUT2D eigenvalue weighted by Crippen LogP contribution is -2.25. The maximum absolute atomic E-state index is 12.0. The topological polar surface area (TPSA) is 57.8 Å². The Labute approximate surface area is 140 Å². The maximum Gasteiger partial charge on any atom is 0.256 e. The number of anilines is 1. The number of aryl methyl sites for hydroxylation is 1. The zero-order valence-electron chi connectivity index (χ0n) is 15.2. The van der Waals surface area contributed by atoms with E-state index in [1.54, 1.807) is 0 Å². The minimum atomic E-state index is -0.0255. The van der Waals surface area contributed by atoms with Crippen LogP contribution in [0.3, 0.4) is 0 Å². The van der Waals surface area contributed by atoms with Gasteiger partial charge in [0.15, 0.2) is 0 Å². The summed E-state index contributed by atoms with van der Waals surface area (Å²) in [4.78, 5) is 19.3. The van der Waals surface area contributed by atoms with Crippen molar-refractivity contribution < 1.29 is 0 Å². The summed E-state index contributed by atoms with van der Waals surface area (Å²) in [5.74, 6) is 1.41. The van der Waals surface area contributed by atoms with Crippen LogP contribution in [-0.2, 0) is 6.42 Å². The normalized spacial score (nSPS) is 13.5. The first kappa shape index (κ1) is 19.2. The van der Waals surface area contributed by atoms with E-state index in [4.69, 9.17) is 0 Å². The zero-order valence-corrected chi connectivity index (χ0v) is 15.2. The van der Waals surface area contributed by atoms with E-state index in [1.807, 2.05) is 26.8 Å². The number of rotatable bonds is 9. The Bertz CT molecular complexity index is 599. The highest BCUT2D eigenvalue weighted by molar-refractivity contribution is 5.43. The summed E-state index contributed by atoms with van der Waals surface area (Å²) in [6, 6.07) is 0.350. The molecule has 0 amide bonds. The smallest absolute Gasteiger partial charge is 0.256 e. The van der Waals surface area contributed by atoms with E-state index in [1.165, 1.54) is 5.57 Å². The summed E-state index contributed by atoms with van der Waals surface area (Å²) >= 11 is 0. The lowest BCUT2D eigenvalue weighted by molar-refractivity contribution is 0.595. The Kier molecular flexibility index (Phi) is 8.38. The Morgan fingerprint density at radius 3 is 2.74 bits per heavy atom. The number of nitrogens with one attached hydrogen (secondary N) is 2. The predicted octanol–water partition coefficient (Wildman–Crippen LogP) is 4.52. The van der Waals surface area contributed by atoms with Gasteiger partial charge in [-0.25, -0.2) is 4.98 Å². The highest BCUT2D eigenvalue weighted by atomic mass is 16.1. The van der Waals surface area contributed by atoms with Crippen LogP contribution in [-0.4, -0.2) is 16.0 Å². The summed E-state index contributed by atoms with van der Waals surface area (Å²) in [6.45, 7) is 10.2. The molecule has 4 nitrogen and oxygen atoms in total. The summed E-state index contributed by atoms with van der Waals surface area (Å²) in [5.41, 5.74) is 2.12. The Morgan fingerprint density at radius 1 is 1.39 bits per heavy atom. The monoisotopic (exact) mass is 317 g/mol. The largest absolute Gasteiger partial charge is 0.367 e. The van der Waals surface area contributed by atoms with Gasteiger partial charge in [-0.15, -0.1) is 0 Å². The molecule has 0 aromatic carbocycles. The third-order valence-corrected chi connectivity index (χ3v) is 4.02. The second kappa shape index (κ2) is 10.0. The van der Waals surface area contributed by atoms with Crippen LogP contribution in [0.2, 0.25) is 0 Å². The van der Waals surface area contributed by atoms with E-state index in [0.717, 1.165) is 37.1 Å². The van der Waals surface area contributed by atoms with Gasteiger partial charge in [0, 0.05) is 6.04 Å². The van der Waals surface area contributed by atoms with Crippen LogP contribution in [0, 0.1) is 6.92 Å². The Balaban J connectivity index is 2.68. The summed E-state index contributed by atoms with van der Waals surface area (Å²) in [7, 11) is 0. The molecular weight excluding hydrogens is 286 g/mol. The molecule has 1 rings (SSSR count). The van der Waals surface area contributed by atoms with Crippen LogP contribution in [0.15, 0.2) is 28.6 Å². The SMILES string of the molecule is C/C=C\C=C(/C)CCCC(CC)Nc1nc(C)[nH]c(=O)c1CC. The molecule has 0 saturated heterocycles. The van der Waals surface area contributed by atoms with Crippen LogP contribution in [0.5, 0.6) is 0 Å². The first-order valence-electron chi connectivity index (χ1n) is 8.66. The summed E-state index contributed by atoms with van der Waals surface area (Å²) < 4.78 is 0.